The second kappa shape index (κ2) is 12.0. The fraction of sp³-hybridized carbons (Fsp3) is 0.526. The smallest absolute Gasteiger partial charge is 0.311 e. The maximum atomic E-state index is 11.9. The fourth-order valence-electron chi connectivity index (χ4n) is 2.40. The molecule has 0 radical (unpaired) electrons. The highest BCUT2D eigenvalue weighted by atomic mass is 16.6. The molecule has 0 atom stereocenters. The van der Waals surface area contributed by atoms with E-state index in [9.17, 15) is 14.9 Å². The molecule has 0 aliphatic rings. The van der Waals surface area contributed by atoms with Crippen LogP contribution in [-0.4, -0.2) is 48.5 Å². The minimum atomic E-state index is -0.477. The normalized spacial score (nSPS) is 11.1. The standard InChI is InChI=1S/C19H29N3O4/c1-4-14-26-18-10-8-16(15-17(18)22(24)25)9-11-19(23)20-12-7-13-21(5-2)6-3/h8-11,15H,4-7,12-14H2,1-3H3,(H,20,23)/b11-9+. The highest BCUT2D eigenvalue weighted by Crippen LogP contribution is 2.28. The predicted octanol–water partition coefficient (Wildman–Crippen LogP) is 3.24. The number of carbonyl (C=O) groups is 1. The van der Waals surface area contributed by atoms with Crippen molar-refractivity contribution >= 4 is 17.7 Å². The highest BCUT2D eigenvalue weighted by Gasteiger charge is 2.15. The maximum Gasteiger partial charge on any atom is 0.311 e. The van der Waals surface area contributed by atoms with Crippen molar-refractivity contribution in [3.63, 3.8) is 0 Å². The highest BCUT2D eigenvalue weighted by molar-refractivity contribution is 5.91. The van der Waals surface area contributed by atoms with Crippen molar-refractivity contribution in [1.29, 1.82) is 0 Å². The Morgan fingerprint density at radius 1 is 1.31 bits per heavy atom. The number of hydrogen-bond donors (Lipinski definition) is 1. The van der Waals surface area contributed by atoms with E-state index < -0.39 is 4.92 Å². The monoisotopic (exact) mass is 363 g/mol. The van der Waals surface area contributed by atoms with E-state index in [0.29, 0.717) is 18.7 Å². The minimum Gasteiger partial charge on any atom is -0.487 e. The Morgan fingerprint density at radius 2 is 2.04 bits per heavy atom. The van der Waals surface area contributed by atoms with Crippen molar-refractivity contribution < 1.29 is 14.5 Å². The molecule has 0 saturated carbocycles. The molecule has 0 aromatic heterocycles. The van der Waals surface area contributed by atoms with Gasteiger partial charge >= 0.3 is 5.69 Å². The molecule has 0 heterocycles. The van der Waals surface area contributed by atoms with Gasteiger partial charge < -0.3 is 15.0 Å². The molecule has 1 amide bonds. The van der Waals surface area contributed by atoms with Gasteiger partial charge in [-0.2, -0.15) is 0 Å². The molecule has 144 valence electrons. The number of nitrogens with zero attached hydrogens (tertiary/aromatic N) is 2. The van der Waals surface area contributed by atoms with Gasteiger partial charge in [0, 0.05) is 18.7 Å². The number of nitro benzene ring substituents is 1. The van der Waals surface area contributed by atoms with Crippen LogP contribution in [0.1, 0.15) is 39.2 Å². The summed E-state index contributed by atoms with van der Waals surface area (Å²) >= 11 is 0. The molecule has 1 aromatic carbocycles. The molecular formula is C19H29N3O4. The lowest BCUT2D eigenvalue weighted by molar-refractivity contribution is -0.385. The molecule has 0 spiro atoms. The van der Waals surface area contributed by atoms with E-state index >= 15 is 0 Å². The van der Waals surface area contributed by atoms with Crippen molar-refractivity contribution in [2.45, 2.75) is 33.6 Å². The van der Waals surface area contributed by atoms with Crippen LogP contribution in [0.2, 0.25) is 0 Å². The van der Waals surface area contributed by atoms with Crippen LogP contribution in [0.4, 0.5) is 5.69 Å². The topological polar surface area (TPSA) is 84.7 Å². The van der Waals surface area contributed by atoms with E-state index in [1.165, 1.54) is 12.1 Å². The Bertz CT molecular complexity index is 613. The Kier molecular flexibility index (Phi) is 10.0. The molecule has 1 N–H and O–H groups in total. The SMILES string of the molecule is CCCOc1ccc(/C=C/C(=O)NCCCN(CC)CC)cc1[N+](=O)[O-]. The second-order valence-corrected chi connectivity index (χ2v) is 5.84. The minimum absolute atomic E-state index is 0.0970. The Balaban J connectivity index is 2.57. The second-order valence-electron chi connectivity index (χ2n) is 5.84. The number of nitrogens with one attached hydrogen (secondary N) is 1. The van der Waals surface area contributed by atoms with Crippen LogP contribution in [0, 0.1) is 10.1 Å². The summed E-state index contributed by atoms with van der Waals surface area (Å²) in [6.07, 6.45) is 4.61. The number of amides is 1. The van der Waals surface area contributed by atoms with Gasteiger partial charge in [-0.05, 0) is 50.2 Å². The summed E-state index contributed by atoms with van der Waals surface area (Å²) in [5, 5.41) is 14.0. The van der Waals surface area contributed by atoms with Crippen LogP contribution in [0.3, 0.4) is 0 Å². The average molecular weight is 363 g/mol. The van der Waals surface area contributed by atoms with Crippen molar-refractivity contribution in [2.24, 2.45) is 0 Å². The van der Waals surface area contributed by atoms with Crippen LogP contribution in [0.15, 0.2) is 24.3 Å². The van der Waals surface area contributed by atoms with E-state index in [1.807, 2.05) is 6.92 Å². The zero-order valence-corrected chi connectivity index (χ0v) is 15.9. The van der Waals surface area contributed by atoms with Crippen LogP contribution >= 0.6 is 0 Å². The third kappa shape index (κ3) is 7.65. The van der Waals surface area contributed by atoms with Crippen molar-refractivity contribution in [3.8, 4) is 5.75 Å². The molecule has 7 heteroatoms. The van der Waals surface area contributed by atoms with Gasteiger partial charge in [0.05, 0.1) is 11.5 Å². The van der Waals surface area contributed by atoms with Gasteiger partial charge in [0.1, 0.15) is 0 Å². The lowest BCUT2D eigenvalue weighted by atomic mass is 10.1. The molecule has 1 rings (SSSR count). The summed E-state index contributed by atoms with van der Waals surface area (Å²) in [6.45, 7) is 10.1. The molecule has 26 heavy (non-hydrogen) atoms. The van der Waals surface area contributed by atoms with Gasteiger partial charge in [0.15, 0.2) is 5.75 Å². The molecule has 0 fully saturated rings. The molecule has 0 unspecified atom stereocenters. The van der Waals surface area contributed by atoms with Crippen molar-refractivity contribution in [3.05, 3.63) is 40.0 Å². The Labute approximate surface area is 155 Å². The van der Waals surface area contributed by atoms with Crippen molar-refractivity contribution in [2.75, 3.05) is 32.8 Å². The quantitative estimate of drug-likeness (QED) is 0.267. The first kappa shape index (κ1) is 21.6. The summed E-state index contributed by atoms with van der Waals surface area (Å²) < 4.78 is 5.38. The number of ether oxygens (including phenoxy) is 1. The van der Waals surface area contributed by atoms with Crippen molar-refractivity contribution in [1.82, 2.24) is 10.2 Å². The summed E-state index contributed by atoms with van der Waals surface area (Å²) in [7, 11) is 0. The van der Waals surface area contributed by atoms with Crippen LogP contribution in [-0.2, 0) is 4.79 Å². The molecule has 7 nitrogen and oxygen atoms in total. The average Bonchev–Trinajstić information content (AvgIpc) is 2.65. The molecule has 0 aliphatic heterocycles. The summed E-state index contributed by atoms with van der Waals surface area (Å²) in [5.41, 5.74) is 0.485. The van der Waals surface area contributed by atoms with Crippen LogP contribution < -0.4 is 10.1 Å². The van der Waals surface area contributed by atoms with Crippen LogP contribution in [0.5, 0.6) is 5.75 Å². The zero-order chi connectivity index (χ0) is 19.4. The van der Waals surface area contributed by atoms with Gasteiger partial charge in [-0.25, -0.2) is 0 Å². The summed E-state index contributed by atoms with van der Waals surface area (Å²) in [6, 6.07) is 4.67. The van der Waals surface area contributed by atoms with E-state index in [2.05, 4.69) is 24.1 Å². The number of hydrogen-bond acceptors (Lipinski definition) is 5. The Hall–Kier alpha value is -2.41. The van der Waals surface area contributed by atoms with Gasteiger partial charge in [0.25, 0.3) is 0 Å². The van der Waals surface area contributed by atoms with E-state index in [-0.39, 0.29) is 17.3 Å². The fourth-order valence-corrected chi connectivity index (χ4v) is 2.40. The molecular weight excluding hydrogens is 334 g/mol. The summed E-state index contributed by atoms with van der Waals surface area (Å²) in [5.74, 6) is 0.0355. The van der Waals surface area contributed by atoms with E-state index in [0.717, 1.165) is 32.5 Å². The summed E-state index contributed by atoms with van der Waals surface area (Å²) in [4.78, 5) is 24.8. The van der Waals surface area contributed by atoms with E-state index in [4.69, 9.17) is 4.74 Å². The Morgan fingerprint density at radius 3 is 2.65 bits per heavy atom. The van der Waals surface area contributed by atoms with Gasteiger partial charge in [-0.15, -0.1) is 0 Å². The lowest BCUT2D eigenvalue weighted by Crippen LogP contribution is -2.29. The first-order chi connectivity index (χ1) is 12.5. The first-order valence-electron chi connectivity index (χ1n) is 9.11. The largest absolute Gasteiger partial charge is 0.487 e. The molecule has 0 bridgehead atoms. The third-order valence-corrected chi connectivity index (χ3v) is 3.91. The van der Waals surface area contributed by atoms with Gasteiger partial charge in [-0.1, -0.05) is 26.8 Å². The molecule has 0 aliphatic carbocycles. The third-order valence-electron chi connectivity index (χ3n) is 3.91. The predicted molar refractivity (Wildman–Crippen MR) is 103 cm³/mol. The van der Waals surface area contributed by atoms with E-state index in [1.54, 1.807) is 18.2 Å². The number of nitro groups is 1. The van der Waals surface area contributed by atoms with Gasteiger partial charge in [-0.3, -0.25) is 14.9 Å². The first-order valence-corrected chi connectivity index (χ1v) is 9.11. The maximum absolute atomic E-state index is 11.9. The molecule has 1 aromatic rings. The lowest BCUT2D eigenvalue weighted by Gasteiger charge is -2.17. The number of carbonyl (C=O) groups excluding carboxylic acids is 1. The van der Waals surface area contributed by atoms with Gasteiger partial charge in [0.2, 0.25) is 5.91 Å². The number of rotatable bonds is 12. The van der Waals surface area contributed by atoms with Crippen LogP contribution in [0.25, 0.3) is 6.08 Å². The number of benzene rings is 1. The zero-order valence-electron chi connectivity index (χ0n) is 15.9. The molecule has 0 saturated heterocycles.